The van der Waals surface area contributed by atoms with Crippen LogP contribution in [0, 0.1) is 13.8 Å². The second-order valence-electron chi connectivity index (χ2n) is 5.83. The number of aromatic nitrogens is 2. The van der Waals surface area contributed by atoms with Crippen LogP contribution < -0.4 is 0 Å². The summed E-state index contributed by atoms with van der Waals surface area (Å²) in [5.41, 5.74) is 6.77. The Morgan fingerprint density at radius 2 is 1.62 bits per heavy atom. The van der Waals surface area contributed by atoms with Gasteiger partial charge in [-0.05, 0) is 25.5 Å². The Bertz CT molecular complexity index is 886. The van der Waals surface area contributed by atoms with Crippen molar-refractivity contribution in [2.75, 3.05) is 0 Å². The van der Waals surface area contributed by atoms with Gasteiger partial charge in [-0.3, -0.25) is 4.79 Å². The predicted molar refractivity (Wildman–Crippen MR) is 93.7 cm³/mol. The highest BCUT2D eigenvalue weighted by atomic mass is 16.4. The first-order chi connectivity index (χ1) is 11.5. The molecule has 0 radical (unpaired) electrons. The van der Waals surface area contributed by atoms with Gasteiger partial charge in [0.1, 0.15) is 6.33 Å². The highest BCUT2D eigenvalue weighted by Crippen LogP contribution is 2.28. The van der Waals surface area contributed by atoms with Crippen molar-refractivity contribution in [3.8, 4) is 22.5 Å². The van der Waals surface area contributed by atoms with Gasteiger partial charge in [-0.15, -0.1) is 0 Å². The fraction of sp³-hybridized carbons (Fsp3) is 0.150. The first-order valence-electron chi connectivity index (χ1n) is 7.74. The van der Waals surface area contributed by atoms with Crippen molar-refractivity contribution in [1.82, 2.24) is 9.97 Å². The first kappa shape index (κ1) is 15.9. The molecule has 0 aliphatic rings. The Balaban J connectivity index is 2.00. The van der Waals surface area contributed by atoms with Crippen LogP contribution in [0.2, 0.25) is 0 Å². The van der Waals surface area contributed by atoms with Gasteiger partial charge in [0, 0.05) is 16.7 Å². The van der Waals surface area contributed by atoms with Gasteiger partial charge in [-0.25, -0.2) is 9.97 Å². The lowest BCUT2D eigenvalue weighted by Crippen LogP contribution is -2.00. The number of hydrogen-bond donors (Lipinski definition) is 1. The Hall–Kier alpha value is -3.01. The zero-order chi connectivity index (χ0) is 17.1. The normalized spacial score (nSPS) is 10.6. The molecule has 24 heavy (non-hydrogen) atoms. The summed E-state index contributed by atoms with van der Waals surface area (Å²) < 4.78 is 0. The van der Waals surface area contributed by atoms with Gasteiger partial charge in [0.2, 0.25) is 0 Å². The van der Waals surface area contributed by atoms with Crippen LogP contribution >= 0.6 is 0 Å². The van der Waals surface area contributed by atoms with E-state index in [0.29, 0.717) is 0 Å². The third-order valence-electron chi connectivity index (χ3n) is 3.96. The summed E-state index contributed by atoms with van der Waals surface area (Å²) in [6, 6.07) is 15.7. The molecule has 0 saturated carbocycles. The molecule has 1 N–H and O–H groups in total. The number of carbonyl (C=O) groups is 1. The molecule has 0 unspecified atom stereocenters. The number of carboxylic acid groups (broad SMARTS) is 1. The molecule has 0 aliphatic heterocycles. The van der Waals surface area contributed by atoms with Crippen molar-refractivity contribution < 1.29 is 9.90 Å². The van der Waals surface area contributed by atoms with E-state index in [2.05, 4.69) is 29.0 Å². The van der Waals surface area contributed by atoms with Crippen LogP contribution in [0.1, 0.15) is 16.7 Å². The molecule has 4 heteroatoms. The van der Waals surface area contributed by atoms with Gasteiger partial charge in [-0.1, -0.05) is 48.0 Å². The average Bonchev–Trinajstić information content (AvgIpc) is 2.55. The van der Waals surface area contributed by atoms with E-state index in [4.69, 9.17) is 5.11 Å². The summed E-state index contributed by atoms with van der Waals surface area (Å²) in [5, 5.41) is 8.86. The highest BCUT2D eigenvalue weighted by Gasteiger charge is 2.11. The van der Waals surface area contributed by atoms with Crippen LogP contribution in [0.25, 0.3) is 22.5 Å². The summed E-state index contributed by atoms with van der Waals surface area (Å²) in [6.07, 6.45) is 1.60. The van der Waals surface area contributed by atoms with E-state index in [1.165, 1.54) is 5.56 Å². The number of benzene rings is 2. The summed E-state index contributed by atoms with van der Waals surface area (Å²) >= 11 is 0. The first-order valence-corrected chi connectivity index (χ1v) is 7.74. The highest BCUT2D eigenvalue weighted by molar-refractivity contribution is 5.74. The Morgan fingerprint density at radius 3 is 2.25 bits per heavy atom. The van der Waals surface area contributed by atoms with E-state index in [1.54, 1.807) is 6.33 Å². The maximum Gasteiger partial charge on any atom is 0.307 e. The van der Waals surface area contributed by atoms with Gasteiger partial charge in [0.05, 0.1) is 17.8 Å². The van der Waals surface area contributed by atoms with Crippen LogP contribution in [0.3, 0.4) is 0 Å². The van der Waals surface area contributed by atoms with E-state index in [-0.39, 0.29) is 6.42 Å². The zero-order valence-electron chi connectivity index (χ0n) is 13.7. The molecule has 2 aromatic carbocycles. The molecule has 1 heterocycles. The predicted octanol–water partition coefficient (Wildman–Crippen LogP) is 4.05. The van der Waals surface area contributed by atoms with Gasteiger partial charge >= 0.3 is 5.97 Å². The maximum absolute atomic E-state index is 10.8. The summed E-state index contributed by atoms with van der Waals surface area (Å²) in [6.45, 7) is 4.07. The monoisotopic (exact) mass is 318 g/mol. The average molecular weight is 318 g/mol. The lowest BCUT2D eigenvalue weighted by Gasteiger charge is -2.11. The molecule has 0 aliphatic carbocycles. The van der Waals surface area contributed by atoms with Crippen LogP contribution in [-0.4, -0.2) is 21.0 Å². The summed E-state index contributed by atoms with van der Waals surface area (Å²) in [5.74, 6) is -0.831. The molecule has 0 atom stereocenters. The van der Waals surface area contributed by atoms with E-state index in [1.807, 2.05) is 43.3 Å². The van der Waals surface area contributed by atoms with Gasteiger partial charge in [0.25, 0.3) is 0 Å². The van der Waals surface area contributed by atoms with E-state index >= 15 is 0 Å². The minimum atomic E-state index is -0.831. The van der Waals surface area contributed by atoms with Crippen molar-refractivity contribution in [2.45, 2.75) is 20.3 Å². The van der Waals surface area contributed by atoms with Crippen LogP contribution in [-0.2, 0) is 11.2 Å². The quantitative estimate of drug-likeness (QED) is 0.788. The van der Waals surface area contributed by atoms with Crippen molar-refractivity contribution in [2.24, 2.45) is 0 Å². The van der Waals surface area contributed by atoms with Gasteiger partial charge in [0.15, 0.2) is 0 Å². The van der Waals surface area contributed by atoms with Crippen molar-refractivity contribution in [1.29, 1.82) is 0 Å². The molecule has 4 nitrogen and oxygen atoms in total. The summed E-state index contributed by atoms with van der Waals surface area (Å²) in [4.78, 5) is 19.7. The van der Waals surface area contributed by atoms with E-state index in [9.17, 15) is 4.79 Å². The van der Waals surface area contributed by atoms with E-state index < -0.39 is 5.97 Å². The number of carboxylic acids is 1. The molecule has 3 rings (SSSR count). The Kier molecular flexibility index (Phi) is 4.38. The fourth-order valence-corrected chi connectivity index (χ4v) is 2.78. The van der Waals surface area contributed by atoms with E-state index in [0.717, 1.165) is 33.6 Å². The largest absolute Gasteiger partial charge is 0.481 e. The summed E-state index contributed by atoms with van der Waals surface area (Å²) in [7, 11) is 0. The molecule has 1 aromatic heterocycles. The SMILES string of the molecule is Cc1cccc(-c2ncnc(-c3ccc(CC(=O)O)cc3)c2C)c1. The van der Waals surface area contributed by atoms with Gasteiger partial charge < -0.3 is 5.11 Å². The van der Waals surface area contributed by atoms with Crippen LogP contribution in [0.5, 0.6) is 0 Å². The molecule has 0 bridgehead atoms. The number of rotatable bonds is 4. The standard InChI is InChI=1S/C20H18N2O2/c1-13-4-3-5-17(10-13)20-14(2)19(21-12-22-20)16-8-6-15(7-9-16)11-18(23)24/h3-10,12H,11H2,1-2H3,(H,23,24). The Morgan fingerprint density at radius 1 is 0.958 bits per heavy atom. The van der Waals surface area contributed by atoms with Gasteiger partial charge in [-0.2, -0.15) is 0 Å². The zero-order valence-corrected chi connectivity index (χ0v) is 13.7. The topological polar surface area (TPSA) is 63.1 Å². The third kappa shape index (κ3) is 3.33. The molecular formula is C20H18N2O2. The molecule has 0 saturated heterocycles. The van der Waals surface area contributed by atoms with Crippen molar-refractivity contribution >= 4 is 5.97 Å². The molecule has 0 fully saturated rings. The second-order valence-corrected chi connectivity index (χ2v) is 5.83. The second kappa shape index (κ2) is 6.62. The number of hydrogen-bond acceptors (Lipinski definition) is 3. The number of aliphatic carboxylic acids is 1. The van der Waals surface area contributed by atoms with Crippen molar-refractivity contribution in [3.63, 3.8) is 0 Å². The number of nitrogens with zero attached hydrogens (tertiary/aromatic N) is 2. The number of aryl methyl sites for hydroxylation is 1. The third-order valence-corrected chi connectivity index (χ3v) is 3.96. The fourth-order valence-electron chi connectivity index (χ4n) is 2.78. The molecule has 0 amide bonds. The lowest BCUT2D eigenvalue weighted by atomic mass is 9.99. The van der Waals surface area contributed by atoms with Crippen LogP contribution in [0.4, 0.5) is 0 Å². The molecular weight excluding hydrogens is 300 g/mol. The maximum atomic E-state index is 10.8. The molecule has 0 spiro atoms. The smallest absolute Gasteiger partial charge is 0.307 e. The lowest BCUT2D eigenvalue weighted by molar-refractivity contribution is -0.136. The minimum Gasteiger partial charge on any atom is -0.481 e. The van der Waals surface area contributed by atoms with Crippen molar-refractivity contribution in [3.05, 3.63) is 71.5 Å². The molecule has 120 valence electrons. The molecule has 3 aromatic rings. The Labute approximate surface area is 140 Å². The van der Waals surface area contributed by atoms with Crippen LogP contribution in [0.15, 0.2) is 54.9 Å². The minimum absolute atomic E-state index is 0.0254.